The van der Waals surface area contributed by atoms with Gasteiger partial charge in [-0.15, -0.1) is 0 Å². The molecule has 0 aliphatic rings. The van der Waals surface area contributed by atoms with Crippen molar-refractivity contribution in [3.05, 3.63) is 88.7 Å². The summed E-state index contributed by atoms with van der Waals surface area (Å²) < 4.78 is 3.39. The second-order valence-electron chi connectivity index (χ2n) is 5.91. The fourth-order valence-corrected chi connectivity index (χ4v) is 3.58. The zero-order chi connectivity index (χ0) is 16.5. The first-order chi connectivity index (χ1) is 11.7. The molecule has 0 N–H and O–H groups in total. The standard InChI is InChI=1S/C21H17BrN2.Na.H/c1-15-23-20-8-4-5-9-21(20)24(15)14-16-10-12-17(13-11-16)18-6-2-3-7-19(18)22;;/h2-13H,14H2,1H3;;. The van der Waals surface area contributed by atoms with Gasteiger partial charge < -0.3 is 4.57 Å². The van der Waals surface area contributed by atoms with Crippen LogP contribution in [-0.2, 0) is 6.54 Å². The van der Waals surface area contributed by atoms with Crippen molar-refractivity contribution in [2.45, 2.75) is 13.5 Å². The number of para-hydroxylation sites is 2. The van der Waals surface area contributed by atoms with Gasteiger partial charge in [-0.25, -0.2) is 4.98 Å². The second kappa shape index (κ2) is 7.88. The molecule has 0 radical (unpaired) electrons. The van der Waals surface area contributed by atoms with Crippen molar-refractivity contribution in [3.63, 3.8) is 0 Å². The van der Waals surface area contributed by atoms with Crippen LogP contribution in [-0.4, -0.2) is 39.1 Å². The molecule has 0 saturated carbocycles. The summed E-state index contributed by atoms with van der Waals surface area (Å²) in [4.78, 5) is 4.64. The molecule has 4 aromatic rings. The van der Waals surface area contributed by atoms with E-state index in [1.165, 1.54) is 22.2 Å². The molecule has 1 aromatic heterocycles. The monoisotopic (exact) mass is 400 g/mol. The van der Waals surface area contributed by atoms with Gasteiger partial charge in [0.05, 0.1) is 11.0 Å². The molecule has 0 saturated heterocycles. The third kappa shape index (κ3) is 3.75. The van der Waals surface area contributed by atoms with Gasteiger partial charge in [-0.3, -0.25) is 0 Å². The van der Waals surface area contributed by atoms with E-state index >= 15 is 0 Å². The summed E-state index contributed by atoms with van der Waals surface area (Å²) in [6, 6.07) is 25.4. The molecule has 1 heterocycles. The van der Waals surface area contributed by atoms with Crippen molar-refractivity contribution in [3.8, 4) is 11.1 Å². The van der Waals surface area contributed by atoms with Gasteiger partial charge in [-0.1, -0.05) is 70.5 Å². The Kier molecular flexibility index (Phi) is 5.80. The van der Waals surface area contributed by atoms with Gasteiger partial charge in [0.2, 0.25) is 0 Å². The Labute approximate surface area is 178 Å². The summed E-state index contributed by atoms with van der Waals surface area (Å²) in [5.74, 6) is 1.05. The number of benzene rings is 3. The van der Waals surface area contributed by atoms with Crippen molar-refractivity contribution < 1.29 is 0 Å². The summed E-state index contributed by atoms with van der Waals surface area (Å²) in [5.41, 5.74) is 5.95. The Morgan fingerprint density at radius 1 is 0.880 bits per heavy atom. The van der Waals surface area contributed by atoms with Gasteiger partial charge in [0.1, 0.15) is 5.82 Å². The first-order valence-corrected chi connectivity index (χ1v) is 8.77. The Hall–Kier alpha value is -1.39. The van der Waals surface area contributed by atoms with Gasteiger partial charge in [-0.2, -0.15) is 0 Å². The minimum atomic E-state index is 0. The van der Waals surface area contributed by atoms with Crippen LogP contribution in [0.5, 0.6) is 0 Å². The number of hydrogen-bond donors (Lipinski definition) is 0. The van der Waals surface area contributed by atoms with Crippen LogP contribution in [0.3, 0.4) is 0 Å². The molecule has 0 spiro atoms. The van der Waals surface area contributed by atoms with Crippen LogP contribution in [0.15, 0.2) is 77.3 Å². The van der Waals surface area contributed by atoms with Crippen molar-refractivity contribution >= 4 is 56.5 Å². The van der Waals surface area contributed by atoms with E-state index in [4.69, 9.17) is 0 Å². The molecule has 4 heteroatoms. The number of imidazole rings is 1. The number of aromatic nitrogens is 2. The maximum absolute atomic E-state index is 4.64. The predicted octanol–water partition coefficient (Wildman–Crippen LogP) is 5.17. The summed E-state index contributed by atoms with van der Waals surface area (Å²) in [5, 5.41) is 0. The van der Waals surface area contributed by atoms with E-state index in [2.05, 4.69) is 93.1 Å². The minimum absolute atomic E-state index is 0. The quantitative estimate of drug-likeness (QED) is 0.433. The van der Waals surface area contributed by atoms with E-state index in [1.54, 1.807) is 0 Å². The first kappa shape index (κ1) is 18.4. The molecule has 25 heavy (non-hydrogen) atoms. The summed E-state index contributed by atoms with van der Waals surface area (Å²) in [7, 11) is 0. The molecule has 0 unspecified atom stereocenters. The molecule has 0 fully saturated rings. The maximum atomic E-state index is 4.64. The van der Waals surface area contributed by atoms with Crippen LogP contribution in [0.1, 0.15) is 11.4 Å². The van der Waals surface area contributed by atoms with Gasteiger partial charge >= 0.3 is 29.6 Å². The Morgan fingerprint density at radius 3 is 2.32 bits per heavy atom. The second-order valence-corrected chi connectivity index (χ2v) is 6.76. The molecule has 2 nitrogen and oxygen atoms in total. The van der Waals surface area contributed by atoms with Crippen LogP contribution in [0.2, 0.25) is 0 Å². The molecule has 0 atom stereocenters. The summed E-state index contributed by atoms with van der Waals surface area (Å²) in [6.07, 6.45) is 0. The third-order valence-electron chi connectivity index (χ3n) is 4.32. The van der Waals surface area contributed by atoms with Gasteiger partial charge in [-0.05, 0) is 41.8 Å². The van der Waals surface area contributed by atoms with E-state index in [-0.39, 0.29) is 29.6 Å². The molecule has 120 valence electrons. The van der Waals surface area contributed by atoms with Crippen LogP contribution in [0.4, 0.5) is 0 Å². The zero-order valence-electron chi connectivity index (χ0n) is 13.4. The first-order valence-electron chi connectivity index (χ1n) is 7.98. The van der Waals surface area contributed by atoms with Gasteiger partial charge in [0.25, 0.3) is 0 Å². The van der Waals surface area contributed by atoms with E-state index in [9.17, 15) is 0 Å². The summed E-state index contributed by atoms with van der Waals surface area (Å²) in [6.45, 7) is 2.90. The van der Waals surface area contributed by atoms with Crippen LogP contribution >= 0.6 is 15.9 Å². The zero-order valence-corrected chi connectivity index (χ0v) is 15.0. The fraction of sp³-hybridized carbons (Fsp3) is 0.0952. The molecule has 0 amide bonds. The Morgan fingerprint density at radius 2 is 1.56 bits per heavy atom. The third-order valence-corrected chi connectivity index (χ3v) is 5.02. The number of halogens is 1. The topological polar surface area (TPSA) is 17.8 Å². The van der Waals surface area contributed by atoms with Gasteiger partial charge in [0.15, 0.2) is 0 Å². The molecule has 4 rings (SSSR count). The SMILES string of the molecule is Cc1nc2ccccc2n1Cc1ccc(-c2ccccc2Br)cc1.[NaH]. The van der Waals surface area contributed by atoms with Crippen LogP contribution in [0.25, 0.3) is 22.2 Å². The predicted molar refractivity (Wildman–Crippen MR) is 110 cm³/mol. The Bertz CT molecular complexity index is 1010. The number of aryl methyl sites for hydroxylation is 1. The van der Waals surface area contributed by atoms with Crippen molar-refractivity contribution in [2.24, 2.45) is 0 Å². The number of hydrogen-bond acceptors (Lipinski definition) is 1. The molecule has 0 aliphatic heterocycles. The van der Waals surface area contributed by atoms with Gasteiger partial charge in [0, 0.05) is 11.0 Å². The Balaban J connectivity index is 0.00000182. The molecule has 0 bridgehead atoms. The summed E-state index contributed by atoms with van der Waals surface area (Å²) >= 11 is 3.62. The van der Waals surface area contributed by atoms with Crippen molar-refractivity contribution in [1.29, 1.82) is 0 Å². The van der Waals surface area contributed by atoms with Crippen LogP contribution in [0, 0.1) is 6.92 Å². The van der Waals surface area contributed by atoms with E-state index < -0.39 is 0 Å². The van der Waals surface area contributed by atoms with E-state index in [0.29, 0.717) is 0 Å². The molecule has 0 aliphatic carbocycles. The fourth-order valence-electron chi connectivity index (χ4n) is 3.06. The molecular weight excluding hydrogens is 383 g/mol. The average molecular weight is 401 g/mol. The number of rotatable bonds is 3. The van der Waals surface area contributed by atoms with Crippen LogP contribution < -0.4 is 0 Å². The van der Waals surface area contributed by atoms with E-state index in [1.807, 2.05) is 12.1 Å². The molecular formula is C21H18BrN2Na. The average Bonchev–Trinajstić information content (AvgIpc) is 2.92. The number of nitrogens with zero attached hydrogens (tertiary/aromatic N) is 2. The van der Waals surface area contributed by atoms with Crippen molar-refractivity contribution in [2.75, 3.05) is 0 Å². The number of fused-ring (bicyclic) bond motifs is 1. The van der Waals surface area contributed by atoms with Crippen molar-refractivity contribution in [1.82, 2.24) is 9.55 Å². The van der Waals surface area contributed by atoms with E-state index in [0.717, 1.165) is 22.4 Å². The molecule has 3 aromatic carbocycles. The normalized spacial score (nSPS) is 10.6.